The number of aryl methyl sites for hydroxylation is 2. The third kappa shape index (κ3) is 2.92. The molecule has 6 heteroatoms. The Morgan fingerprint density at radius 3 is 2.86 bits per heavy atom. The molecule has 1 heterocycles. The van der Waals surface area contributed by atoms with Gasteiger partial charge in [0.05, 0.1) is 11.4 Å². The third-order valence-electron chi connectivity index (χ3n) is 3.10. The van der Waals surface area contributed by atoms with Gasteiger partial charge in [-0.1, -0.05) is 13.0 Å². The van der Waals surface area contributed by atoms with Gasteiger partial charge in [0, 0.05) is 6.54 Å². The lowest BCUT2D eigenvalue weighted by Crippen LogP contribution is -2.18. The highest BCUT2D eigenvalue weighted by Gasteiger charge is 2.16. The molecule has 0 fully saturated rings. The molecule has 21 heavy (non-hydrogen) atoms. The van der Waals surface area contributed by atoms with Gasteiger partial charge in [-0.2, -0.15) is 10.4 Å². The highest BCUT2D eigenvalue weighted by Crippen LogP contribution is 2.19. The summed E-state index contributed by atoms with van der Waals surface area (Å²) in [4.78, 5) is 12.3. The van der Waals surface area contributed by atoms with Crippen molar-refractivity contribution in [3.8, 4) is 6.07 Å². The quantitative estimate of drug-likeness (QED) is 0.939. The second-order valence-electron chi connectivity index (χ2n) is 4.42. The molecular formula is C15H15FN4O. The molecule has 0 radical (unpaired) electrons. The molecule has 0 saturated carbocycles. The number of carbonyl (C=O) groups excluding carboxylic acids is 1. The Bertz CT molecular complexity index is 715. The van der Waals surface area contributed by atoms with E-state index in [0.29, 0.717) is 12.2 Å². The first-order chi connectivity index (χ1) is 10.1. The van der Waals surface area contributed by atoms with Gasteiger partial charge in [-0.3, -0.25) is 9.48 Å². The Labute approximate surface area is 122 Å². The van der Waals surface area contributed by atoms with Crippen molar-refractivity contribution in [2.75, 3.05) is 5.32 Å². The molecule has 1 amide bonds. The van der Waals surface area contributed by atoms with E-state index in [-0.39, 0.29) is 11.3 Å². The molecule has 0 aliphatic rings. The molecule has 0 atom stereocenters. The zero-order valence-electron chi connectivity index (χ0n) is 11.9. The van der Waals surface area contributed by atoms with E-state index in [2.05, 4.69) is 10.4 Å². The van der Waals surface area contributed by atoms with Crippen LogP contribution in [0.4, 0.5) is 10.1 Å². The largest absolute Gasteiger partial charge is 0.319 e. The van der Waals surface area contributed by atoms with Crippen LogP contribution in [0.1, 0.15) is 35.6 Å². The van der Waals surface area contributed by atoms with Crippen LogP contribution in [0.5, 0.6) is 0 Å². The molecule has 108 valence electrons. The predicted molar refractivity (Wildman–Crippen MR) is 76.3 cm³/mol. The van der Waals surface area contributed by atoms with E-state index >= 15 is 0 Å². The molecule has 0 saturated heterocycles. The SMILES string of the molecule is CCc1cc(C(=O)Nc2cccc(F)c2C#N)n(CC)n1. The van der Waals surface area contributed by atoms with Gasteiger partial charge in [-0.05, 0) is 31.5 Å². The van der Waals surface area contributed by atoms with Crippen molar-refractivity contribution in [2.45, 2.75) is 26.8 Å². The van der Waals surface area contributed by atoms with Crippen molar-refractivity contribution in [1.29, 1.82) is 5.26 Å². The molecule has 2 rings (SSSR count). The summed E-state index contributed by atoms with van der Waals surface area (Å²) in [7, 11) is 0. The number of hydrogen-bond donors (Lipinski definition) is 1. The number of nitriles is 1. The highest BCUT2D eigenvalue weighted by molar-refractivity contribution is 6.03. The summed E-state index contributed by atoms with van der Waals surface area (Å²) in [5.74, 6) is -1.07. The lowest BCUT2D eigenvalue weighted by Gasteiger charge is -2.08. The smallest absolute Gasteiger partial charge is 0.273 e. The summed E-state index contributed by atoms with van der Waals surface area (Å²) in [5, 5.41) is 15.8. The van der Waals surface area contributed by atoms with Crippen molar-refractivity contribution in [1.82, 2.24) is 9.78 Å². The summed E-state index contributed by atoms with van der Waals surface area (Å²) in [5.41, 5.74) is 1.18. The van der Waals surface area contributed by atoms with Gasteiger partial charge < -0.3 is 5.32 Å². The van der Waals surface area contributed by atoms with Crippen LogP contribution in [0.3, 0.4) is 0 Å². The second-order valence-corrected chi connectivity index (χ2v) is 4.42. The second kappa shape index (κ2) is 6.18. The molecule has 0 aliphatic heterocycles. The normalized spacial score (nSPS) is 10.2. The maximum absolute atomic E-state index is 13.5. The number of halogens is 1. The Hall–Kier alpha value is -2.68. The lowest BCUT2D eigenvalue weighted by atomic mass is 10.2. The Balaban J connectivity index is 2.33. The summed E-state index contributed by atoms with van der Waals surface area (Å²) >= 11 is 0. The molecule has 1 aromatic heterocycles. The van der Waals surface area contributed by atoms with Gasteiger partial charge in [-0.25, -0.2) is 4.39 Å². The van der Waals surface area contributed by atoms with Crippen molar-refractivity contribution in [2.24, 2.45) is 0 Å². The topological polar surface area (TPSA) is 70.7 Å². The fraction of sp³-hybridized carbons (Fsp3) is 0.267. The lowest BCUT2D eigenvalue weighted by molar-refractivity contribution is 0.101. The van der Waals surface area contributed by atoms with Crippen LogP contribution in [0.2, 0.25) is 0 Å². The van der Waals surface area contributed by atoms with E-state index in [0.717, 1.165) is 12.1 Å². The summed E-state index contributed by atoms with van der Waals surface area (Å²) in [6, 6.07) is 7.57. The first-order valence-electron chi connectivity index (χ1n) is 6.67. The van der Waals surface area contributed by atoms with Crippen LogP contribution < -0.4 is 5.32 Å². The van der Waals surface area contributed by atoms with Crippen molar-refractivity contribution >= 4 is 11.6 Å². The number of anilines is 1. The third-order valence-corrected chi connectivity index (χ3v) is 3.10. The van der Waals surface area contributed by atoms with Gasteiger partial charge in [0.25, 0.3) is 5.91 Å². The van der Waals surface area contributed by atoms with E-state index in [9.17, 15) is 9.18 Å². The first-order valence-corrected chi connectivity index (χ1v) is 6.67. The molecule has 0 aliphatic carbocycles. The number of hydrogen-bond acceptors (Lipinski definition) is 3. The first kappa shape index (κ1) is 14.7. The van der Waals surface area contributed by atoms with E-state index in [1.54, 1.807) is 16.8 Å². The zero-order chi connectivity index (χ0) is 15.4. The molecule has 0 bridgehead atoms. The van der Waals surface area contributed by atoms with Gasteiger partial charge in [0.1, 0.15) is 23.1 Å². The number of aromatic nitrogens is 2. The predicted octanol–water partition coefficient (Wildman–Crippen LogP) is 2.73. The van der Waals surface area contributed by atoms with Gasteiger partial charge >= 0.3 is 0 Å². The zero-order valence-corrected chi connectivity index (χ0v) is 11.9. The fourth-order valence-electron chi connectivity index (χ4n) is 1.99. The van der Waals surface area contributed by atoms with Crippen LogP contribution in [0.15, 0.2) is 24.3 Å². The minimum atomic E-state index is -0.659. The van der Waals surface area contributed by atoms with Crippen LogP contribution in [-0.2, 0) is 13.0 Å². The van der Waals surface area contributed by atoms with Crippen molar-refractivity contribution < 1.29 is 9.18 Å². The molecule has 1 aromatic carbocycles. The van der Waals surface area contributed by atoms with E-state index in [1.807, 2.05) is 13.8 Å². The number of carbonyl (C=O) groups is 1. The van der Waals surface area contributed by atoms with Crippen molar-refractivity contribution in [3.63, 3.8) is 0 Å². The minimum absolute atomic E-state index is 0.157. The molecule has 1 N–H and O–H groups in total. The van der Waals surface area contributed by atoms with Crippen LogP contribution in [0.25, 0.3) is 0 Å². The molecule has 0 unspecified atom stereocenters. The summed E-state index contributed by atoms with van der Waals surface area (Å²) < 4.78 is 15.1. The fourth-order valence-corrected chi connectivity index (χ4v) is 1.99. The molecule has 2 aromatic rings. The van der Waals surface area contributed by atoms with E-state index < -0.39 is 11.7 Å². The van der Waals surface area contributed by atoms with Crippen LogP contribution in [0, 0.1) is 17.1 Å². The molecule has 5 nitrogen and oxygen atoms in total. The molecule has 0 spiro atoms. The van der Waals surface area contributed by atoms with E-state index in [4.69, 9.17) is 5.26 Å². The van der Waals surface area contributed by atoms with E-state index in [1.165, 1.54) is 18.2 Å². The van der Waals surface area contributed by atoms with Gasteiger partial charge in [0.2, 0.25) is 0 Å². The van der Waals surface area contributed by atoms with Gasteiger partial charge in [-0.15, -0.1) is 0 Å². The number of nitrogens with zero attached hydrogens (tertiary/aromatic N) is 3. The van der Waals surface area contributed by atoms with Crippen molar-refractivity contribution in [3.05, 3.63) is 47.0 Å². The number of nitrogens with one attached hydrogen (secondary N) is 1. The van der Waals surface area contributed by atoms with Gasteiger partial charge in [0.15, 0.2) is 0 Å². The average Bonchev–Trinajstić information content (AvgIpc) is 2.91. The van der Waals surface area contributed by atoms with Crippen LogP contribution >= 0.6 is 0 Å². The maximum atomic E-state index is 13.5. The number of amides is 1. The molecular weight excluding hydrogens is 271 g/mol. The van der Waals surface area contributed by atoms with Crippen LogP contribution in [-0.4, -0.2) is 15.7 Å². The Kier molecular flexibility index (Phi) is 4.33. The standard InChI is InChI=1S/C15H15FN4O/c1-3-10-8-14(20(4-2)19-10)15(21)18-13-7-5-6-12(16)11(13)9-17/h5-8H,3-4H2,1-2H3,(H,18,21). The maximum Gasteiger partial charge on any atom is 0.273 e. The number of rotatable bonds is 4. The number of benzene rings is 1. The average molecular weight is 286 g/mol. The Morgan fingerprint density at radius 1 is 1.48 bits per heavy atom. The summed E-state index contributed by atoms with van der Waals surface area (Å²) in [6.07, 6.45) is 0.719. The monoisotopic (exact) mass is 286 g/mol. The highest BCUT2D eigenvalue weighted by atomic mass is 19.1. The summed E-state index contributed by atoms with van der Waals surface area (Å²) in [6.45, 7) is 4.38. The Morgan fingerprint density at radius 2 is 2.24 bits per heavy atom. The minimum Gasteiger partial charge on any atom is -0.319 e.